The summed E-state index contributed by atoms with van der Waals surface area (Å²) in [6.45, 7) is 6.04. The number of aromatic hydroxyl groups is 1. The number of likely N-dealkylation sites (N-methyl/N-ethyl adjacent to an activating group) is 2. The number of imidazole rings is 1. The zero-order valence-electron chi connectivity index (χ0n) is 76.8. The number of phenols is 1. The molecule has 0 bridgehead atoms. The van der Waals surface area contributed by atoms with Crippen molar-refractivity contribution in [2.75, 3.05) is 46.8 Å². The number of phenolic OH excluding ortho intramolecular Hbond substituents is 1. The van der Waals surface area contributed by atoms with Gasteiger partial charge in [0, 0.05) is 119 Å². The minimum absolute atomic E-state index is 0.00370. The third-order valence-corrected chi connectivity index (χ3v) is 24.9. The molecule has 3 aromatic heterocycles. The van der Waals surface area contributed by atoms with Crippen LogP contribution in [0.15, 0.2) is 97.7 Å². The van der Waals surface area contributed by atoms with E-state index in [-0.39, 0.29) is 88.2 Å². The Morgan fingerprint density at radius 3 is 1.74 bits per heavy atom. The van der Waals surface area contributed by atoms with Crippen LogP contribution in [0, 0.1) is 5.92 Å². The SMILES string of the molecule is CCCC[C@H]1C(=O)N(C)[C@@H](CCCC)C(=O)N[C@@H](CC(C)C)C(=O)N[C@H](C(N)=O)CNCC(=O)N[C@@H](Cc2ccc(O)cc2)C(=O)N2CCCC[C@H]2C(=O)N[C@@H](CC(N)=O)C(=O)N2CCCC2C(=O)N[C@@H](Cc2c[nH]cn2)C(=O)N[C@@H](CCC(=O)O)C(=O)N2C[C@H](O)C[C@H]2C(=O)N[C@@H](Cc2c[nH]c3ccccc23)C(=O)N[C@@H](C)C(=O)N[C@@H](Cc2cn(CC(=O)O)c3ccccc23)C(=O)N1C. The highest BCUT2D eigenvalue weighted by Crippen LogP contribution is 2.30. The van der Waals surface area contributed by atoms with Crippen molar-refractivity contribution in [3.05, 3.63) is 120 Å². The normalized spacial score (nSPS) is 25.3. The number of nitrogens with two attached hydrogens (primary N) is 2. The summed E-state index contributed by atoms with van der Waals surface area (Å²) in [4.78, 5) is 278. The number of rotatable bonds is 24. The summed E-state index contributed by atoms with van der Waals surface area (Å²) >= 11 is 0. The lowest BCUT2D eigenvalue weighted by Gasteiger charge is -2.38. The summed E-state index contributed by atoms with van der Waals surface area (Å²) in [5.41, 5.74) is 14.2. The molecule has 43 heteroatoms. The average molecular weight is 1880 g/mol. The van der Waals surface area contributed by atoms with Gasteiger partial charge in [-0.1, -0.05) is 102 Å². The van der Waals surface area contributed by atoms with E-state index in [9.17, 15) is 58.8 Å². The molecule has 0 radical (unpaired) electrons. The van der Waals surface area contributed by atoms with Gasteiger partial charge in [0.1, 0.15) is 96.9 Å². The second-order valence-corrected chi connectivity index (χ2v) is 35.5. The molecule has 10 rings (SSSR count). The van der Waals surface area contributed by atoms with Crippen molar-refractivity contribution < 1.29 is 107 Å². The van der Waals surface area contributed by atoms with Gasteiger partial charge >= 0.3 is 11.9 Å². The summed E-state index contributed by atoms with van der Waals surface area (Å²) in [6.07, 6.45) is 2.72. The predicted molar refractivity (Wildman–Crippen MR) is 487 cm³/mol. The number of hydrogen-bond acceptors (Lipinski definition) is 22. The first-order chi connectivity index (χ1) is 64.3. The predicted octanol–water partition coefficient (Wildman–Crippen LogP) is -1.47. The van der Waals surface area contributed by atoms with E-state index in [1.165, 1.54) is 78.4 Å². The van der Waals surface area contributed by atoms with E-state index in [4.69, 9.17) is 11.5 Å². The molecular weight excluding hydrogens is 1750 g/mol. The molecule has 4 saturated heterocycles. The molecule has 43 nitrogen and oxygen atoms in total. The Kier molecular flexibility index (Phi) is 36.8. The van der Waals surface area contributed by atoms with Crippen LogP contribution in [0.3, 0.4) is 0 Å². The molecule has 135 heavy (non-hydrogen) atoms. The number of fused-ring (bicyclic) bond motifs is 5. The highest BCUT2D eigenvalue weighted by atomic mass is 16.4. The van der Waals surface area contributed by atoms with Crippen LogP contribution >= 0.6 is 0 Å². The van der Waals surface area contributed by atoms with Gasteiger partial charge in [0.2, 0.25) is 94.5 Å². The van der Waals surface area contributed by atoms with Crippen LogP contribution in [0.25, 0.3) is 21.8 Å². The van der Waals surface area contributed by atoms with Crippen molar-refractivity contribution in [1.82, 2.24) is 97.2 Å². The third kappa shape index (κ3) is 27.7. The molecular formula is C92H125N21O22. The molecule has 0 saturated carbocycles. The lowest BCUT2D eigenvalue weighted by atomic mass is 9.97. The van der Waals surface area contributed by atoms with E-state index in [1.807, 2.05) is 13.8 Å². The zero-order valence-corrected chi connectivity index (χ0v) is 76.8. The molecule has 7 heterocycles. The van der Waals surface area contributed by atoms with Crippen molar-refractivity contribution in [3.63, 3.8) is 0 Å². The Morgan fingerprint density at radius 2 is 1.10 bits per heavy atom. The number of primary amides is 2. The minimum Gasteiger partial charge on any atom is -0.508 e. The van der Waals surface area contributed by atoms with E-state index in [0.717, 1.165) is 14.7 Å². The molecule has 0 aliphatic carbocycles. The summed E-state index contributed by atoms with van der Waals surface area (Å²) in [5, 5.41) is 69.8. The van der Waals surface area contributed by atoms with Crippen molar-refractivity contribution in [1.29, 1.82) is 0 Å². The molecule has 4 aliphatic rings. The maximum Gasteiger partial charge on any atom is 0.323 e. The number of unbranched alkanes of at least 4 members (excludes halogenated alkanes) is 2. The van der Waals surface area contributed by atoms with Gasteiger partial charge in [-0.05, 0) is 112 Å². The fraction of sp³-hybridized carbons (Fsp3) is 0.533. The van der Waals surface area contributed by atoms with Gasteiger partial charge in [-0.2, -0.15) is 0 Å². The number of piperidine rings is 1. The smallest absolute Gasteiger partial charge is 0.323 e. The number of hydrogen-bond donors (Lipinski definition) is 18. The van der Waals surface area contributed by atoms with Crippen LogP contribution in [-0.4, -0.2) is 308 Å². The fourth-order valence-corrected chi connectivity index (χ4v) is 17.8. The van der Waals surface area contributed by atoms with E-state index in [0.29, 0.717) is 77.0 Å². The number of carboxylic acids is 2. The molecule has 4 fully saturated rings. The Balaban J connectivity index is 1.02. The Hall–Kier alpha value is -13.9. The average Bonchev–Trinajstić information content (AvgIpc) is 1.63. The molecule has 20 N–H and O–H groups in total. The number of aliphatic carboxylic acids is 2. The number of aromatic amines is 2. The largest absolute Gasteiger partial charge is 0.508 e. The maximum atomic E-state index is 15.8. The van der Waals surface area contributed by atoms with Crippen LogP contribution in [0.5, 0.6) is 5.75 Å². The van der Waals surface area contributed by atoms with Gasteiger partial charge in [-0.3, -0.25) is 86.3 Å². The van der Waals surface area contributed by atoms with Gasteiger partial charge in [0.15, 0.2) is 0 Å². The topological polar surface area (TPSA) is 626 Å². The fourth-order valence-electron chi connectivity index (χ4n) is 17.8. The molecule has 1 unspecified atom stereocenters. The number of H-pyrrole nitrogens is 2. The lowest BCUT2D eigenvalue weighted by molar-refractivity contribution is -0.149. The van der Waals surface area contributed by atoms with Gasteiger partial charge in [-0.15, -0.1) is 0 Å². The number of nitrogens with zero attached hydrogens (tertiary/aromatic N) is 7. The van der Waals surface area contributed by atoms with Gasteiger partial charge in [-0.25, -0.2) is 4.98 Å². The molecule has 730 valence electrons. The van der Waals surface area contributed by atoms with Crippen molar-refractivity contribution in [2.45, 2.75) is 260 Å². The number of aliphatic hydroxyl groups excluding tert-OH is 1. The van der Waals surface area contributed by atoms with Gasteiger partial charge in [0.25, 0.3) is 0 Å². The van der Waals surface area contributed by atoms with Crippen LogP contribution in [-0.2, 0) is 119 Å². The van der Waals surface area contributed by atoms with Crippen molar-refractivity contribution in [3.8, 4) is 5.75 Å². The number of aromatic nitrogens is 4. The van der Waals surface area contributed by atoms with Crippen molar-refractivity contribution in [2.24, 2.45) is 17.4 Å². The maximum absolute atomic E-state index is 15.8. The molecule has 15 atom stereocenters. The van der Waals surface area contributed by atoms with E-state index < -0.39 is 255 Å². The zero-order chi connectivity index (χ0) is 98.2. The first-order valence-corrected chi connectivity index (χ1v) is 45.8. The molecule has 6 aromatic rings. The van der Waals surface area contributed by atoms with Crippen LogP contribution in [0.4, 0.5) is 0 Å². The summed E-state index contributed by atoms with van der Waals surface area (Å²) < 4.78 is 1.44. The summed E-state index contributed by atoms with van der Waals surface area (Å²) in [5.74, 6) is -18.3. The second-order valence-electron chi connectivity index (χ2n) is 35.5. The number of para-hydroxylation sites is 2. The minimum atomic E-state index is -1.84. The van der Waals surface area contributed by atoms with Crippen molar-refractivity contribution >= 4 is 128 Å². The third-order valence-electron chi connectivity index (χ3n) is 24.9. The first kappa shape index (κ1) is 103. The van der Waals surface area contributed by atoms with E-state index in [1.54, 1.807) is 68.6 Å². The van der Waals surface area contributed by atoms with E-state index >= 15 is 47.9 Å². The highest BCUT2D eigenvalue weighted by molar-refractivity contribution is 6.03. The number of carboxylic acid groups (broad SMARTS) is 2. The quantitative estimate of drug-likeness (QED) is 0.0329. The molecule has 16 amide bonds. The summed E-state index contributed by atoms with van der Waals surface area (Å²) in [7, 11) is 2.70. The van der Waals surface area contributed by atoms with Crippen LogP contribution in [0.2, 0.25) is 0 Å². The molecule has 4 aliphatic heterocycles. The lowest BCUT2D eigenvalue weighted by Crippen LogP contribution is -2.62. The number of amides is 16. The second kappa shape index (κ2) is 48.2. The number of aliphatic hydroxyl groups is 1. The Labute approximate surface area is 779 Å². The monoisotopic (exact) mass is 1880 g/mol. The van der Waals surface area contributed by atoms with Gasteiger partial charge < -0.3 is 124 Å². The molecule has 0 spiro atoms. The van der Waals surface area contributed by atoms with Crippen LogP contribution in [0.1, 0.15) is 160 Å². The number of benzene rings is 3. The van der Waals surface area contributed by atoms with Gasteiger partial charge in [0.05, 0.1) is 31.1 Å². The first-order valence-electron chi connectivity index (χ1n) is 45.8. The highest BCUT2D eigenvalue weighted by Gasteiger charge is 2.47. The van der Waals surface area contributed by atoms with Crippen LogP contribution < -0.4 is 64.6 Å². The number of nitrogens with one attached hydrogen (secondary N) is 12. The Morgan fingerprint density at radius 1 is 0.533 bits per heavy atom. The van der Waals surface area contributed by atoms with E-state index in [2.05, 4.69) is 68.1 Å². The molecule has 3 aromatic carbocycles. The number of carbonyl (C=O) groups is 18. The summed E-state index contributed by atoms with van der Waals surface area (Å²) in [6, 6.07) is -2.49. The number of carbonyl (C=O) groups excluding carboxylic acids is 16. The standard InChI is InChI=1S/C92H125N21O22/c1-8-10-22-70-84(127)102-62(35-50(3)4)82(125)107-68(79(94)122)44-95-45-76(117)100-65(36-52-27-29-56(114)30-28-52)90(133)111-33-17-16-25-71(111)86(129)106-67(41-75(93)116)91(134)112-34-18-26-72(112)85(128)104-64(39-55-43-96-49-98-55)83(126)101-61(31-32-77(118)119)89(132)113-47-57(115)40-74(113)87(130)103-63(37-53-42-97-60-21-14-12-19-58(53)60)81(124)99-51(5)80(123)105-66(88(131)109(7)73(23-11-9-2)92(135)108(70)6)38-54-46-110(48-78(120)121)69-24-15-13-20-59(54)69/h12-15,19-21,24,27-30,42-43,46,49-51,57,61-68,70-74,95,97,114-115H,8-11,16-18,22-23,25-26,31-41,44-45,47-48H2,1-7H3,(H2,93,116)(H2,94,122)(H,96,98)(H,99,124)(H,100,117)(H,101,126)(H,102,127)(H,103,130)(H,104,128)(H,105,123)(H,106,129)(H,107,125)(H,118,119)(H,120,121)/t51-,57+,61-,62-,63-,64-,65-,66-,67-,68-,70-,71-,72?,73-,74-/m0/s1. The Bertz CT molecular complexity index is 5290.